The predicted molar refractivity (Wildman–Crippen MR) is 132 cm³/mol. The van der Waals surface area contributed by atoms with E-state index in [1.165, 1.54) is 4.68 Å². The molecule has 0 aliphatic carbocycles. The number of imidazole rings is 1. The maximum Gasteiger partial charge on any atom is 0.277 e. The molecule has 8 nitrogen and oxygen atoms in total. The number of fused-ring (bicyclic) bond motifs is 2. The van der Waals surface area contributed by atoms with Crippen LogP contribution in [0.5, 0.6) is 0 Å². The van der Waals surface area contributed by atoms with Crippen molar-refractivity contribution in [1.29, 1.82) is 0 Å². The van der Waals surface area contributed by atoms with Crippen molar-refractivity contribution in [2.45, 2.75) is 44.7 Å². The van der Waals surface area contributed by atoms with Crippen LogP contribution in [-0.4, -0.2) is 42.9 Å². The molecular formula is C24H28N6O2S. The number of aromatic nitrogens is 5. The Balaban J connectivity index is 1.27. The lowest BCUT2D eigenvalue weighted by atomic mass is 10.1. The number of carbonyl (C=O) groups excluding carboxylic acids is 1. The maximum atomic E-state index is 12.6. The highest BCUT2D eigenvalue weighted by Gasteiger charge is 2.18. The lowest BCUT2D eigenvalue weighted by Crippen LogP contribution is -2.29. The van der Waals surface area contributed by atoms with E-state index in [-0.39, 0.29) is 17.5 Å². The van der Waals surface area contributed by atoms with E-state index < -0.39 is 0 Å². The standard InChI is InChI=1S/C24H28N6O2S/c1-33-16-14-21(23-26-19-11-6-7-12-20(19)27-23)25-22(31)13-3-2-8-15-30-24(32)17-9-4-5-10-18(17)28-29-30/h4-7,9-12,21H,2-3,8,13-16H2,1H3,(H,25,31)(H,26,27)/t21-/m0/s1. The lowest BCUT2D eigenvalue weighted by molar-refractivity contribution is -0.122. The van der Waals surface area contributed by atoms with Crippen LogP contribution in [0, 0.1) is 0 Å². The zero-order valence-corrected chi connectivity index (χ0v) is 19.5. The van der Waals surface area contributed by atoms with Gasteiger partial charge in [-0.2, -0.15) is 11.8 Å². The first-order valence-electron chi connectivity index (χ1n) is 11.2. The minimum absolute atomic E-state index is 0.0178. The Kier molecular flexibility index (Phi) is 7.72. The molecule has 0 unspecified atom stereocenters. The topological polar surface area (TPSA) is 106 Å². The van der Waals surface area contributed by atoms with Crippen molar-refractivity contribution in [2.24, 2.45) is 0 Å². The van der Waals surface area contributed by atoms with Gasteiger partial charge in [-0.3, -0.25) is 9.59 Å². The van der Waals surface area contributed by atoms with Gasteiger partial charge in [0, 0.05) is 13.0 Å². The molecule has 172 valence electrons. The molecule has 9 heteroatoms. The van der Waals surface area contributed by atoms with E-state index in [4.69, 9.17) is 0 Å². The van der Waals surface area contributed by atoms with Crippen molar-refractivity contribution in [3.8, 4) is 0 Å². The van der Waals surface area contributed by atoms with E-state index in [0.29, 0.717) is 23.9 Å². The Bertz CT molecular complexity index is 1250. The summed E-state index contributed by atoms with van der Waals surface area (Å²) in [4.78, 5) is 33.1. The van der Waals surface area contributed by atoms with Crippen LogP contribution in [0.15, 0.2) is 53.3 Å². The molecule has 0 bridgehead atoms. The largest absolute Gasteiger partial charge is 0.346 e. The Labute approximate surface area is 196 Å². The van der Waals surface area contributed by atoms with Gasteiger partial charge in [-0.1, -0.05) is 35.9 Å². The van der Waals surface area contributed by atoms with Crippen LogP contribution < -0.4 is 10.9 Å². The van der Waals surface area contributed by atoms with Crippen LogP contribution >= 0.6 is 11.8 Å². The SMILES string of the molecule is CSCC[C@H](NC(=O)CCCCCn1nnc2ccccc2c1=O)c1nc2ccccc2[nH]1. The first-order valence-corrected chi connectivity index (χ1v) is 12.6. The van der Waals surface area contributed by atoms with Gasteiger partial charge in [-0.05, 0) is 55.5 Å². The van der Waals surface area contributed by atoms with E-state index in [9.17, 15) is 9.59 Å². The Morgan fingerprint density at radius 2 is 1.88 bits per heavy atom. The van der Waals surface area contributed by atoms with Crippen molar-refractivity contribution in [3.63, 3.8) is 0 Å². The number of nitrogens with one attached hydrogen (secondary N) is 2. The Hall–Kier alpha value is -3.20. The minimum atomic E-state index is -0.135. The third-order valence-corrected chi connectivity index (χ3v) is 6.23. The predicted octanol–water partition coefficient (Wildman–Crippen LogP) is 3.84. The molecule has 0 aliphatic heterocycles. The first kappa shape index (κ1) is 23.0. The Morgan fingerprint density at radius 3 is 2.70 bits per heavy atom. The maximum absolute atomic E-state index is 12.6. The molecule has 2 heterocycles. The van der Waals surface area contributed by atoms with Gasteiger partial charge >= 0.3 is 0 Å². The fourth-order valence-electron chi connectivity index (χ4n) is 3.81. The fourth-order valence-corrected chi connectivity index (χ4v) is 4.28. The molecule has 2 N–H and O–H groups in total. The summed E-state index contributed by atoms with van der Waals surface area (Å²) in [7, 11) is 0. The number of unbranched alkanes of at least 4 members (excludes halogenated alkanes) is 2. The average Bonchev–Trinajstić information content (AvgIpc) is 3.27. The van der Waals surface area contributed by atoms with Gasteiger partial charge in [0.2, 0.25) is 5.91 Å². The van der Waals surface area contributed by atoms with E-state index in [1.54, 1.807) is 23.9 Å². The number of aromatic amines is 1. The second-order valence-corrected chi connectivity index (χ2v) is 8.97. The van der Waals surface area contributed by atoms with Gasteiger partial charge in [-0.25, -0.2) is 9.67 Å². The summed E-state index contributed by atoms with van der Waals surface area (Å²) in [6.07, 6.45) is 5.65. The molecule has 0 aliphatic rings. The summed E-state index contributed by atoms with van der Waals surface area (Å²) in [5, 5.41) is 11.9. The van der Waals surface area contributed by atoms with Gasteiger partial charge in [0.05, 0.1) is 22.5 Å². The van der Waals surface area contributed by atoms with Gasteiger partial charge in [0.15, 0.2) is 0 Å². The molecule has 2 aromatic carbocycles. The van der Waals surface area contributed by atoms with Crippen LogP contribution in [0.25, 0.3) is 21.9 Å². The molecule has 0 radical (unpaired) electrons. The molecule has 0 spiro atoms. The molecule has 4 rings (SSSR count). The number of nitrogens with zero attached hydrogens (tertiary/aromatic N) is 4. The average molecular weight is 465 g/mol. The summed E-state index contributed by atoms with van der Waals surface area (Å²) in [5.74, 6) is 1.75. The molecule has 0 saturated heterocycles. The third-order valence-electron chi connectivity index (χ3n) is 5.59. The van der Waals surface area contributed by atoms with Crippen molar-refractivity contribution in [3.05, 3.63) is 64.7 Å². The summed E-state index contributed by atoms with van der Waals surface area (Å²) in [6.45, 7) is 0.494. The van der Waals surface area contributed by atoms with Crippen molar-refractivity contribution in [2.75, 3.05) is 12.0 Å². The van der Waals surface area contributed by atoms with E-state index in [2.05, 4.69) is 31.9 Å². The molecular weight excluding hydrogens is 436 g/mol. The fraction of sp³-hybridized carbons (Fsp3) is 0.375. The summed E-state index contributed by atoms with van der Waals surface area (Å²) >= 11 is 1.75. The number of rotatable bonds is 11. The minimum Gasteiger partial charge on any atom is -0.346 e. The number of hydrogen-bond acceptors (Lipinski definition) is 6. The molecule has 4 aromatic rings. The lowest BCUT2D eigenvalue weighted by Gasteiger charge is -2.16. The number of para-hydroxylation sites is 2. The van der Waals surface area contributed by atoms with Crippen LogP contribution in [-0.2, 0) is 11.3 Å². The first-order chi connectivity index (χ1) is 16.2. The van der Waals surface area contributed by atoms with Gasteiger partial charge in [-0.15, -0.1) is 5.10 Å². The number of thioether (sulfide) groups is 1. The van der Waals surface area contributed by atoms with Gasteiger partial charge in [0.25, 0.3) is 5.56 Å². The van der Waals surface area contributed by atoms with E-state index >= 15 is 0 Å². The zero-order valence-electron chi connectivity index (χ0n) is 18.7. The monoisotopic (exact) mass is 464 g/mol. The Morgan fingerprint density at radius 1 is 1.09 bits per heavy atom. The number of H-pyrrole nitrogens is 1. The summed E-state index contributed by atoms with van der Waals surface area (Å²) < 4.78 is 1.41. The highest BCUT2D eigenvalue weighted by Crippen LogP contribution is 2.20. The van der Waals surface area contributed by atoms with Crippen molar-refractivity contribution >= 4 is 39.6 Å². The zero-order chi connectivity index (χ0) is 23.0. The van der Waals surface area contributed by atoms with Crippen LogP contribution in [0.1, 0.15) is 44.0 Å². The van der Waals surface area contributed by atoms with E-state index in [1.807, 2.05) is 36.4 Å². The highest BCUT2D eigenvalue weighted by atomic mass is 32.2. The van der Waals surface area contributed by atoms with Crippen LogP contribution in [0.2, 0.25) is 0 Å². The molecule has 2 aromatic heterocycles. The van der Waals surface area contributed by atoms with Gasteiger partial charge < -0.3 is 10.3 Å². The molecule has 1 atom stereocenters. The number of amides is 1. The molecule has 33 heavy (non-hydrogen) atoms. The van der Waals surface area contributed by atoms with Crippen LogP contribution in [0.3, 0.4) is 0 Å². The van der Waals surface area contributed by atoms with Crippen molar-refractivity contribution < 1.29 is 4.79 Å². The van der Waals surface area contributed by atoms with Crippen molar-refractivity contribution in [1.82, 2.24) is 30.3 Å². The second kappa shape index (κ2) is 11.1. The van der Waals surface area contributed by atoms with Crippen LogP contribution in [0.4, 0.5) is 0 Å². The number of benzene rings is 2. The van der Waals surface area contributed by atoms with Gasteiger partial charge in [0.1, 0.15) is 11.3 Å². The number of aryl methyl sites for hydroxylation is 1. The summed E-state index contributed by atoms with van der Waals surface area (Å²) in [6, 6.07) is 15.0. The van der Waals surface area contributed by atoms with E-state index in [0.717, 1.165) is 48.3 Å². The molecule has 0 fully saturated rings. The number of hydrogen-bond donors (Lipinski definition) is 2. The second-order valence-electron chi connectivity index (χ2n) is 7.99. The molecule has 1 amide bonds. The molecule has 0 saturated carbocycles. The smallest absolute Gasteiger partial charge is 0.277 e. The highest BCUT2D eigenvalue weighted by molar-refractivity contribution is 7.98. The summed E-state index contributed by atoms with van der Waals surface area (Å²) in [5.41, 5.74) is 2.36. The number of carbonyl (C=O) groups is 1. The third kappa shape index (κ3) is 5.78. The normalized spacial score (nSPS) is 12.3. The quantitative estimate of drug-likeness (QED) is 0.327.